The molecule has 3 aromatic rings. The lowest BCUT2D eigenvalue weighted by molar-refractivity contribution is -0.114. The van der Waals surface area contributed by atoms with Crippen LogP contribution in [0.5, 0.6) is 0 Å². The first-order valence-corrected chi connectivity index (χ1v) is 11.3. The minimum atomic E-state index is -3.70. The summed E-state index contributed by atoms with van der Waals surface area (Å²) in [6, 6.07) is 16.0. The third-order valence-electron chi connectivity index (χ3n) is 4.88. The third-order valence-corrected chi connectivity index (χ3v) is 7.46. The summed E-state index contributed by atoms with van der Waals surface area (Å²) in [7, 11) is -3.70. The van der Waals surface area contributed by atoms with Crippen molar-refractivity contribution in [2.45, 2.75) is 24.3 Å². The number of carbonyl (C=O) groups excluding carboxylic acids is 1. The van der Waals surface area contributed by atoms with Crippen LogP contribution in [0.3, 0.4) is 0 Å². The predicted molar refractivity (Wildman–Crippen MR) is 111 cm³/mol. The van der Waals surface area contributed by atoms with Gasteiger partial charge in [-0.15, -0.1) is 0 Å². The number of amides is 1. The highest BCUT2D eigenvalue weighted by atomic mass is 32.2. The summed E-state index contributed by atoms with van der Waals surface area (Å²) in [6.07, 6.45) is 0.681. The number of carbonyl (C=O) groups is 1. The fourth-order valence-electron chi connectivity index (χ4n) is 3.63. The van der Waals surface area contributed by atoms with Crippen molar-refractivity contribution in [3.05, 3.63) is 82.0 Å². The Morgan fingerprint density at radius 2 is 1.86 bits per heavy atom. The topological polar surface area (TPSA) is 66.5 Å². The largest absolute Gasteiger partial charge is 0.326 e. The lowest BCUT2D eigenvalue weighted by atomic mass is 9.91. The summed E-state index contributed by atoms with van der Waals surface area (Å²) in [5, 5.41) is 6.64. The maximum absolute atomic E-state index is 13.5. The monoisotopic (exact) mass is 412 g/mol. The number of hydrogen-bond donors (Lipinski definition) is 1. The van der Waals surface area contributed by atoms with Crippen molar-refractivity contribution in [3.63, 3.8) is 0 Å². The molecular formula is C21H20N2O3S2. The SMILES string of the molecule is CC(=O)Nc1ccc(S(=O)(=O)N2CCc3ccccc3C2c2ccsc2)cc1. The van der Waals surface area contributed by atoms with Crippen molar-refractivity contribution < 1.29 is 13.2 Å². The number of benzene rings is 2. The van der Waals surface area contributed by atoms with Crippen LogP contribution in [0.4, 0.5) is 5.69 Å². The van der Waals surface area contributed by atoms with Crippen LogP contribution in [-0.2, 0) is 21.2 Å². The first-order valence-electron chi connectivity index (χ1n) is 8.96. The van der Waals surface area contributed by atoms with Crippen LogP contribution in [0, 0.1) is 0 Å². The van der Waals surface area contributed by atoms with Gasteiger partial charge < -0.3 is 5.32 Å². The van der Waals surface area contributed by atoms with Gasteiger partial charge in [-0.25, -0.2) is 8.42 Å². The van der Waals surface area contributed by atoms with E-state index in [1.807, 2.05) is 35.0 Å². The fourth-order valence-corrected chi connectivity index (χ4v) is 5.90. The van der Waals surface area contributed by atoms with Gasteiger partial charge in [-0.3, -0.25) is 4.79 Å². The van der Waals surface area contributed by atoms with Crippen molar-refractivity contribution in [3.8, 4) is 0 Å². The average Bonchev–Trinajstić information content (AvgIpc) is 3.21. The number of hydrogen-bond acceptors (Lipinski definition) is 4. The third kappa shape index (κ3) is 3.48. The summed E-state index contributed by atoms with van der Waals surface area (Å²) in [5.41, 5.74) is 3.78. The first kappa shape index (κ1) is 18.9. The minimum absolute atomic E-state index is 0.194. The maximum Gasteiger partial charge on any atom is 0.243 e. The van der Waals surface area contributed by atoms with Crippen LogP contribution in [0.2, 0.25) is 0 Å². The molecule has 0 saturated carbocycles. The van der Waals surface area contributed by atoms with E-state index < -0.39 is 10.0 Å². The van der Waals surface area contributed by atoms with E-state index in [1.165, 1.54) is 12.5 Å². The number of nitrogens with zero attached hydrogens (tertiary/aromatic N) is 1. The lowest BCUT2D eigenvalue weighted by Crippen LogP contribution is -2.40. The second-order valence-electron chi connectivity index (χ2n) is 6.73. The lowest BCUT2D eigenvalue weighted by Gasteiger charge is -2.36. The van der Waals surface area contributed by atoms with Gasteiger partial charge in [0.05, 0.1) is 10.9 Å². The van der Waals surface area contributed by atoms with Crippen LogP contribution < -0.4 is 5.32 Å². The van der Waals surface area contributed by atoms with E-state index in [9.17, 15) is 13.2 Å². The molecule has 5 nitrogen and oxygen atoms in total. The van der Waals surface area contributed by atoms with E-state index in [2.05, 4.69) is 11.4 Å². The Bertz CT molecular complexity index is 1090. The fraction of sp³-hybridized carbons (Fsp3) is 0.190. The zero-order valence-corrected chi connectivity index (χ0v) is 17.0. The molecule has 1 atom stereocenters. The summed E-state index contributed by atoms with van der Waals surface area (Å²) in [6.45, 7) is 1.84. The van der Waals surface area contributed by atoms with Gasteiger partial charge in [-0.1, -0.05) is 24.3 Å². The van der Waals surface area contributed by atoms with E-state index in [-0.39, 0.29) is 16.8 Å². The van der Waals surface area contributed by atoms with E-state index >= 15 is 0 Å². The standard InChI is InChI=1S/C21H20N2O3S2/c1-15(24)22-18-6-8-19(9-7-18)28(25,26)23-12-10-16-4-2-3-5-20(16)21(23)17-11-13-27-14-17/h2-9,11,13-14,21H,10,12H2,1H3,(H,22,24). The zero-order chi connectivity index (χ0) is 19.7. The van der Waals surface area contributed by atoms with Crippen molar-refractivity contribution >= 4 is 33.0 Å². The number of nitrogens with one attached hydrogen (secondary N) is 1. The second kappa shape index (κ2) is 7.50. The highest BCUT2D eigenvalue weighted by molar-refractivity contribution is 7.89. The van der Waals surface area contributed by atoms with Crippen molar-refractivity contribution in [1.29, 1.82) is 0 Å². The molecule has 2 heterocycles. The van der Waals surface area contributed by atoms with Crippen LogP contribution in [0.15, 0.2) is 70.3 Å². The number of anilines is 1. The number of sulfonamides is 1. The molecule has 144 valence electrons. The van der Waals surface area contributed by atoms with Crippen molar-refractivity contribution in [1.82, 2.24) is 4.31 Å². The summed E-state index contributed by atoms with van der Waals surface area (Å²) in [4.78, 5) is 11.4. The molecule has 1 aliphatic heterocycles. The molecular weight excluding hydrogens is 392 g/mol. The Kier molecular flexibility index (Phi) is 5.05. The molecule has 4 rings (SSSR count). The molecule has 1 aromatic heterocycles. The highest BCUT2D eigenvalue weighted by Gasteiger charge is 2.37. The Labute approximate surface area is 168 Å². The van der Waals surface area contributed by atoms with Crippen LogP contribution >= 0.6 is 11.3 Å². The zero-order valence-electron chi connectivity index (χ0n) is 15.3. The Hall–Kier alpha value is -2.48. The van der Waals surface area contributed by atoms with E-state index in [0.717, 1.165) is 11.1 Å². The molecule has 0 saturated heterocycles. The average molecular weight is 413 g/mol. The smallest absolute Gasteiger partial charge is 0.243 e. The summed E-state index contributed by atoms with van der Waals surface area (Å²) in [5.74, 6) is -0.194. The van der Waals surface area contributed by atoms with Crippen LogP contribution in [-0.4, -0.2) is 25.2 Å². The number of thiophene rings is 1. The van der Waals surface area contributed by atoms with Crippen LogP contribution in [0.25, 0.3) is 0 Å². The molecule has 1 aliphatic rings. The van der Waals surface area contributed by atoms with Gasteiger partial charge >= 0.3 is 0 Å². The molecule has 0 bridgehead atoms. The number of fused-ring (bicyclic) bond motifs is 1. The predicted octanol–water partition coefficient (Wildman–Crippen LogP) is 4.04. The van der Waals surface area contributed by atoms with Crippen molar-refractivity contribution in [2.75, 3.05) is 11.9 Å². The Morgan fingerprint density at radius 1 is 1.11 bits per heavy atom. The molecule has 1 N–H and O–H groups in total. The maximum atomic E-state index is 13.5. The molecule has 28 heavy (non-hydrogen) atoms. The quantitative estimate of drug-likeness (QED) is 0.703. The van der Waals surface area contributed by atoms with Gasteiger partial charge in [0.15, 0.2) is 0 Å². The molecule has 0 fully saturated rings. The van der Waals surface area contributed by atoms with Crippen molar-refractivity contribution in [2.24, 2.45) is 0 Å². The van der Waals surface area contributed by atoms with E-state index in [0.29, 0.717) is 18.7 Å². The minimum Gasteiger partial charge on any atom is -0.326 e. The summed E-state index contributed by atoms with van der Waals surface area (Å²) >= 11 is 1.56. The molecule has 1 unspecified atom stereocenters. The molecule has 0 aliphatic carbocycles. The first-order chi connectivity index (χ1) is 13.5. The van der Waals surface area contributed by atoms with Gasteiger partial charge in [0.2, 0.25) is 15.9 Å². The van der Waals surface area contributed by atoms with Gasteiger partial charge in [-0.2, -0.15) is 15.6 Å². The van der Waals surface area contributed by atoms with Gasteiger partial charge in [0.25, 0.3) is 0 Å². The molecule has 0 radical (unpaired) electrons. The molecule has 0 spiro atoms. The summed E-state index contributed by atoms with van der Waals surface area (Å²) < 4.78 is 28.5. The molecule has 1 amide bonds. The van der Waals surface area contributed by atoms with E-state index in [1.54, 1.807) is 39.9 Å². The Morgan fingerprint density at radius 3 is 2.54 bits per heavy atom. The Balaban J connectivity index is 1.75. The second-order valence-corrected chi connectivity index (χ2v) is 9.40. The van der Waals surface area contributed by atoms with Gasteiger partial charge in [-0.05, 0) is 64.2 Å². The van der Waals surface area contributed by atoms with Gasteiger partial charge in [0.1, 0.15) is 0 Å². The normalized spacial score (nSPS) is 17.1. The van der Waals surface area contributed by atoms with Gasteiger partial charge in [0, 0.05) is 19.2 Å². The number of rotatable bonds is 4. The molecule has 7 heteroatoms. The van der Waals surface area contributed by atoms with E-state index in [4.69, 9.17) is 0 Å². The molecule has 2 aromatic carbocycles. The highest BCUT2D eigenvalue weighted by Crippen LogP contribution is 2.39. The van der Waals surface area contributed by atoms with Crippen LogP contribution in [0.1, 0.15) is 29.7 Å².